The molecule has 1 aliphatic rings. The molecule has 0 fully saturated rings. The van der Waals surface area contributed by atoms with E-state index in [9.17, 15) is 0 Å². The van der Waals surface area contributed by atoms with Crippen molar-refractivity contribution in [2.45, 2.75) is 0 Å². The Morgan fingerprint density at radius 1 is 0.810 bits per heavy atom. The highest BCUT2D eigenvalue weighted by Crippen LogP contribution is 2.52. The monoisotopic (exact) mass is 326 g/mol. The molecule has 0 saturated heterocycles. The van der Waals surface area contributed by atoms with Crippen LogP contribution in [0.25, 0.3) is 11.1 Å². The fraction of sp³-hybridized carbons (Fsp3) is 0.200. The second kappa shape index (κ2) is 5.54. The summed E-state index contributed by atoms with van der Waals surface area (Å²) in [5.74, 6) is 2.16. The second-order valence-electron chi connectivity index (χ2n) is 4.31. The third-order valence-electron chi connectivity index (χ3n) is 3.23. The molecule has 0 N–H and O–H groups in total. The average molecular weight is 327 g/mol. The van der Waals surface area contributed by atoms with E-state index < -0.39 is 0 Å². The number of benzene rings is 2. The number of halogens is 2. The van der Waals surface area contributed by atoms with Crippen molar-refractivity contribution in [2.24, 2.45) is 0 Å². The Kier molecular flexibility index (Phi) is 3.74. The molecular formula is C15H12Cl2O4. The van der Waals surface area contributed by atoms with Gasteiger partial charge in [-0.25, -0.2) is 0 Å². The lowest BCUT2D eigenvalue weighted by atomic mass is 10.0. The summed E-state index contributed by atoms with van der Waals surface area (Å²) >= 11 is 12.4. The van der Waals surface area contributed by atoms with Gasteiger partial charge in [-0.1, -0.05) is 23.2 Å². The number of fused-ring (bicyclic) bond motifs is 3. The molecule has 0 spiro atoms. The first kappa shape index (κ1) is 14.2. The normalized spacial score (nSPS) is 12.4. The van der Waals surface area contributed by atoms with E-state index in [-0.39, 0.29) is 6.79 Å². The van der Waals surface area contributed by atoms with Gasteiger partial charge in [0.05, 0.1) is 35.4 Å². The first-order valence-electron chi connectivity index (χ1n) is 6.16. The van der Waals surface area contributed by atoms with E-state index in [4.69, 9.17) is 42.1 Å². The average Bonchev–Trinajstić information content (AvgIpc) is 2.67. The first-order valence-corrected chi connectivity index (χ1v) is 6.92. The molecule has 0 atom stereocenters. The van der Waals surface area contributed by atoms with E-state index >= 15 is 0 Å². The molecule has 3 rings (SSSR count). The van der Waals surface area contributed by atoms with Gasteiger partial charge in [-0.15, -0.1) is 0 Å². The van der Waals surface area contributed by atoms with Crippen LogP contribution in [-0.4, -0.2) is 21.0 Å². The van der Waals surface area contributed by atoms with Crippen LogP contribution in [0.2, 0.25) is 10.0 Å². The third-order valence-corrected chi connectivity index (χ3v) is 3.83. The van der Waals surface area contributed by atoms with E-state index in [0.717, 1.165) is 0 Å². The number of ether oxygens (including phenoxy) is 4. The molecule has 0 unspecified atom stereocenters. The van der Waals surface area contributed by atoms with Crippen LogP contribution in [0.3, 0.4) is 0 Å². The molecule has 0 amide bonds. The van der Waals surface area contributed by atoms with Crippen LogP contribution < -0.4 is 18.9 Å². The lowest BCUT2D eigenvalue weighted by Crippen LogP contribution is -2.03. The highest BCUT2D eigenvalue weighted by molar-refractivity contribution is 6.34. The molecule has 110 valence electrons. The molecule has 1 heterocycles. The highest BCUT2D eigenvalue weighted by Gasteiger charge is 2.27. The van der Waals surface area contributed by atoms with Crippen LogP contribution in [-0.2, 0) is 0 Å². The van der Waals surface area contributed by atoms with Crippen LogP contribution in [0.4, 0.5) is 0 Å². The van der Waals surface area contributed by atoms with Crippen molar-refractivity contribution < 1.29 is 18.9 Å². The molecule has 0 saturated carbocycles. The smallest absolute Gasteiger partial charge is 0.230 e. The molecule has 0 aliphatic carbocycles. The number of rotatable bonds is 2. The molecule has 0 radical (unpaired) electrons. The summed E-state index contributed by atoms with van der Waals surface area (Å²) in [5.41, 5.74) is 1.33. The minimum atomic E-state index is 0.0789. The van der Waals surface area contributed by atoms with Gasteiger partial charge in [-0.3, -0.25) is 0 Å². The van der Waals surface area contributed by atoms with Crippen LogP contribution in [0.1, 0.15) is 0 Å². The number of methoxy groups -OCH3 is 2. The topological polar surface area (TPSA) is 36.9 Å². The van der Waals surface area contributed by atoms with Crippen LogP contribution in [0.15, 0.2) is 24.3 Å². The minimum Gasteiger partial charge on any atom is -0.494 e. The molecular weight excluding hydrogens is 315 g/mol. The molecule has 0 aromatic heterocycles. The van der Waals surface area contributed by atoms with Crippen molar-refractivity contribution in [1.29, 1.82) is 0 Å². The van der Waals surface area contributed by atoms with Gasteiger partial charge in [-0.05, 0) is 24.3 Å². The Morgan fingerprint density at radius 3 is 1.62 bits per heavy atom. The van der Waals surface area contributed by atoms with Gasteiger partial charge in [0.1, 0.15) is 23.0 Å². The standard InChI is InChI=1S/C15H12Cl2O4/c1-18-14-8(16)3-5-10-12(14)13-11(21-7-20-10)6-4-9(17)15(13)19-2/h3-6H,7H2,1-2H3. The summed E-state index contributed by atoms with van der Waals surface area (Å²) in [6.45, 7) is 0.0789. The van der Waals surface area contributed by atoms with E-state index in [1.54, 1.807) is 38.5 Å². The summed E-state index contributed by atoms with van der Waals surface area (Å²) in [4.78, 5) is 0. The summed E-state index contributed by atoms with van der Waals surface area (Å²) in [6.07, 6.45) is 0. The molecule has 0 bridgehead atoms. The molecule has 2 aromatic carbocycles. The van der Waals surface area contributed by atoms with Gasteiger partial charge >= 0.3 is 0 Å². The first-order chi connectivity index (χ1) is 10.2. The zero-order chi connectivity index (χ0) is 15.0. The van der Waals surface area contributed by atoms with Crippen molar-refractivity contribution in [3.05, 3.63) is 34.3 Å². The Labute approximate surface area is 132 Å². The lowest BCUT2D eigenvalue weighted by Gasteiger charge is -2.16. The fourth-order valence-corrected chi connectivity index (χ4v) is 2.82. The second-order valence-corrected chi connectivity index (χ2v) is 5.13. The fourth-order valence-electron chi connectivity index (χ4n) is 2.35. The van der Waals surface area contributed by atoms with E-state index in [0.29, 0.717) is 44.2 Å². The summed E-state index contributed by atoms with van der Waals surface area (Å²) in [7, 11) is 3.09. The number of hydrogen-bond donors (Lipinski definition) is 0. The minimum absolute atomic E-state index is 0.0789. The molecule has 4 nitrogen and oxygen atoms in total. The third kappa shape index (κ3) is 2.24. The molecule has 2 aromatic rings. The summed E-state index contributed by atoms with van der Waals surface area (Å²) in [6, 6.07) is 6.94. The summed E-state index contributed by atoms with van der Waals surface area (Å²) < 4.78 is 22.1. The van der Waals surface area contributed by atoms with Gasteiger partial charge in [-0.2, -0.15) is 0 Å². The predicted molar refractivity (Wildman–Crippen MR) is 81.1 cm³/mol. The van der Waals surface area contributed by atoms with E-state index in [1.165, 1.54) is 0 Å². The molecule has 21 heavy (non-hydrogen) atoms. The van der Waals surface area contributed by atoms with E-state index in [2.05, 4.69) is 0 Å². The van der Waals surface area contributed by atoms with Crippen molar-refractivity contribution >= 4 is 23.2 Å². The van der Waals surface area contributed by atoms with Gasteiger partial charge in [0.25, 0.3) is 0 Å². The van der Waals surface area contributed by atoms with Crippen LogP contribution in [0, 0.1) is 0 Å². The van der Waals surface area contributed by atoms with Crippen molar-refractivity contribution in [3.63, 3.8) is 0 Å². The van der Waals surface area contributed by atoms with Crippen LogP contribution >= 0.6 is 23.2 Å². The Balaban J connectivity index is 2.41. The highest BCUT2D eigenvalue weighted by atomic mass is 35.5. The quantitative estimate of drug-likeness (QED) is 0.819. The van der Waals surface area contributed by atoms with Gasteiger partial charge in [0.2, 0.25) is 6.79 Å². The van der Waals surface area contributed by atoms with Crippen molar-refractivity contribution in [3.8, 4) is 34.1 Å². The Hall–Kier alpha value is -1.78. The van der Waals surface area contributed by atoms with E-state index in [1.807, 2.05) is 0 Å². The van der Waals surface area contributed by atoms with Crippen molar-refractivity contribution in [1.82, 2.24) is 0 Å². The zero-order valence-electron chi connectivity index (χ0n) is 11.4. The maximum Gasteiger partial charge on any atom is 0.230 e. The predicted octanol–water partition coefficient (Wildman–Crippen LogP) is 4.41. The zero-order valence-corrected chi connectivity index (χ0v) is 12.9. The van der Waals surface area contributed by atoms with Crippen molar-refractivity contribution in [2.75, 3.05) is 21.0 Å². The SMILES string of the molecule is COc1c(Cl)ccc2c1-c1c(ccc(Cl)c1OC)OCO2. The van der Waals surface area contributed by atoms with Gasteiger partial charge in [0.15, 0.2) is 0 Å². The largest absolute Gasteiger partial charge is 0.494 e. The maximum absolute atomic E-state index is 6.22. The summed E-state index contributed by atoms with van der Waals surface area (Å²) in [5, 5.41) is 0.935. The maximum atomic E-state index is 6.22. The van der Waals surface area contributed by atoms with Gasteiger partial charge in [0, 0.05) is 0 Å². The Bertz CT molecular complexity index is 641. The van der Waals surface area contributed by atoms with Crippen LogP contribution in [0.5, 0.6) is 23.0 Å². The molecule has 1 aliphatic heterocycles. The lowest BCUT2D eigenvalue weighted by molar-refractivity contribution is 0.124. The molecule has 6 heteroatoms. The number of hydrogen-bond acceptors (Lipinski definition) is 4. The van der Waals surface area contributed by atoms with Gasteiger partial charge < -0.3 is 18.9 Å². The Morgan fingerprint density at radius 2 is 1.24 bits per heavy atom.